The average Bonchev–Trinajstić information content (AvgIpc) is 3.05. The normalized spacial score (nSPS) is 15.1. The van der Waals surface area contributed by atoms with E-state index >= 15 is 0 Å². The van der Waals surface area contributed by atoms with E-state index in [0.29, 0.717) is 22.5 Å². The van der Waals surface area contributed by atoms with Gasteiger partial charge in [-0.15, -0.1) is 0 Å². The molecule has 1 aliphatic rings. The van der Waals surface area contributed by atoms with Gasteiger partial charge < -0.3 is 9.67 Å². The van der Waals surface area contributed by atoms with Crippen LogP contribution in [0.2, 0.25) is 0 Å². The van der Waals surface area contributed by atoms with Gasteiger partial charge in [-0.3, -0.25) is 14.9 Å². The predicted molar refractivity (Wildman–Crippen MR) is 127 cm³/mol. The first-order valence-electron chi connectivity index (χ1n) is 10.6. The number of hydrogen-bond acceptors (Lipinski definition) is 4. The number of urea groups is 1. The molecule has 4 amide bonds. The number of rotatable bonds is 4. The Morgan fingerprint density at radius 3 is 2.26 bits per heavy atom. The highest BCUT2D eigenvalue weighted by atomic mass is 16.4. The largest absolute Gasteiger partial charge is 0.478 e. The SMILES string of the molecule is Cc1ccccc1N1C(=O)NC(=O)C(=Cc2cc(C)n(-c3cc(C(=O)O)ccc3C)c2C)C1=O. The van der Waals surface area contributed by atoms with E-state index in [-0.39, 0.29) is 11.1 Å². The second kappa shape index (κ2) is 8.47. The lowest BCUT2D eigenvalue weighted by molar-refractivity contribution is -0.122. The van der Waals surface area contributed by atoms with E-state index in [2.05, 4.69) is 5.32 Å². The van der Waals surface area contributed by atoms with Crippen molar-refractivity contribution >= 4 is 35.6 Å². The minimum atomic E-state index is -1.03. The summed E-state index contributed by atoms with van der Waals surface area (Å²) in [6.45, 7) is 7.33. The number of barbiturate groups is 1. The topological polar surface area (TPSA) is 109 Å². The molecule has 2 N–H and O–H groups in total. The number of anilines is 1. The highest BCUT2D eigenvalue weighted by Crippen LogP contribution is 2.28. The molecule has 8 nitrogen and oxygen atoms in total. The van der Waals surface area contributed by atoms with Crippen molar-refractivity contribution in [1.29, 1.82) is 0 Å². The molecule has 0 saturated carbocycles. The number of aromatic nitrogens is 1. The molecule has 4 rings (SSSR count). The van der Waals surface area contributed by atoms with Crippen LogP contribution in [0.1, 0.15) is 38.4 Å². The van der Waals surface area contributed by atoms with E-state index in [4.69, 9.17) is 0 Å². The molecular formula is C26H23N3O5. The first kappa shape index (κ1) is 22.7. The van der Waals surface area contributed by atoms with Gasteiger partial charge in [0, 0.05) is 17.1 Å². The third-order valence-electron chi connectivity index (χ3n) is 5.93. The molecule has 1 aromatic heterocycles. The van der Waals surface area contributed by atoms with Gasteiger partial charge in [0.15, 0.2) is 0 Å². The van der Waals surface area contributed by atoms with E-state index in [1.165, 1.54) is 6.08 Å². The molecule has 0 aliphatic carbocycles. The average molecular weight is 457 g/mol. The molecule has 0 bridgehead atoms. The van der Waals surface area contributed by atoms with Crippen LogP contribution in [0.4, 0.5) is 10.5 Å². The quantitative estimate of drug-likeness (QED) is 0.453. The molecule has 1 fully saturated rings. The number of amides is 4. The first-order valence-corrected chi connectivity index (χ1v) is 10.6. The number of carbonyl (C=O) groups excluding carboxylic acids is 3. The van der Waals surface area contributed by atoms with Gasteiger partial charge in [-0.05, 0) is 74.7 Å². The zero-order valence-electron chi connectivity index (χ0n) is 19.2. The van der Waals surface area contributed by atoms with Crippen LogP contribution in [-0.2, 0) is 9.59 Å². The molecular weight excluding hydrogens is 434 g/mol. The lowest BCUT2D eigenvalue weighted by Crippen LogP contribution is -2.54. The van der Waals surface area contributed by atoms with Gasteiger partial charge in [0.05, 0.1) is 11.3 Å². The van der Waals surface area contributed by atoms with Crippen LogP contribution in [0.5, 0.6) is 0 Å². The summed E-state index contributed by atoms with van der Waals surface area (Å²) in [4.78, 5) is 50.8. The van der Waals surface area contributed by atoms with Gasteiger partial charge >= 0.3 is 12.0 Å². The Morgan fingerprint density at radius 1 is 0.912 bits per heavy atom. The molecule has 0 spiro atoms. The maximum atomic E-state index is 13.3. The summed E-state index contributed by atoms with van der Waals surface area (Å²) in [6, 6.07) is 12.8. The van der Waals surface area contributed by atoms with E-state index in [1.807, 2.05) is 31.4 Å². The summed E-state index contributed by atoms with van der Waals surface area (Å²) in [6.07, 6.45) is 1.46. The van der Waals surface area contributed by atoms with Crippen molar-refractivity contribution in [3.05, 3.63) is 87.7 Å². The Balaban J connectivity index is 1.81. The Labute approximate surface area is 196 Å². The highest BCUT2D eigenvalue weighted by Gasteiger charge is 2.37. The minimum Gasteiger partial charge on any atom is -0.478 e. The van der Waals surface area contributed by atoms with Crippen molar-refractivity contribution < 1.29 is 24.3 Å². The monoisotopic (exact) mass is 457 g/mol. The van der Waals surface area contributed by atoms with Gasteiger partial charge in [-0.25, -0.2) is 14.5 Å². The Morgan fingerprint density at radius 2 is 1.59 bits per heavy atom. The van der Waals surface area contributed by atoms with Crippen LogP contribution in [0, 0.1) is 27.7 Å². The fourth-order valence-electron chi connectivity index (χ4n) is 4.13. The van der Waals surface area contributed by atoms with Crippen LogP contribution in [0.3, 0.4) is 0 Å². The number of carbonyl (C=O) groups is 4. The standard InChI is InChI=1S/C26H23N3O5/c1-14-7-5-6-8-21(14)29-24(31)20(23(30)27-26(29)34)12-19-11-16(3)28(17(19)4)22-13-18(25(32)33)10-9-15(22)2/h5-13H,1-4H3,(H,32,33)(H,27,30,34). The molecule has 8 heteroatoms. The maximum absolute atomic E-state index is 13.3. The molecule has 172 valence electrons. The van der Waals surface area contributed by atoms with Crippen molar-refractivity contribution in [3.63, 3.8) is 0 Å². The van der Waals surface area contributed by atoms with Crippen LogP contribution in [0.15, 0.2) is 54.1 Å². The number of para-hydroxylation sites is 1. The molecule has 3 aromatic rings. The molecule has 34 heavy (non-hydrogen) atoms. The number of aryl methyl sites for hydroxylation is 3. The summed E-state index contributed by atoms with van der Waals surface area (Å²) < 4.78 is 1.88. The van der Waals surface area contributed by atoms with E-state index in [9.17, 15) is 24.3 Å². The van der Waals surface area contributed by atoms with E-state index in [1.54, 1.807) is 49.4 Å². The van der Waals surface area contributed by atoms with Gasteiger partial charge in [-0.2, -0.15) is 0 Å². The van der Waals surface area contributed by atoms with Gasteiger partial charge in [0.1, 0.15) is 5.57 Å². The van der Waals surface area contributed by atoms with E-state index < -0.39 is 23.8 Å². The van der Waals surface area contributed by atoms with Gasteiger partial charge in [-0.1, -0.05) is 24.3 Å². The van der Waals surface area contributed by atoms with Crippen LogP contribution < -0.4 is 10.2 Å². The van der Waals surface area contributed by atoms with Crippen LogP contribution >= 0.6 is 0 Å². The number of carboxylic acids is 1. The lowest BCUT2D eigenvalue weighted by atomic mass is 10.1. The number of nitrogens with zero attached hydrogens (tertiary/aromatic N) is 2. The highest BCUT2D eigenvalue weighted by molar-refractivity contribution is 6.39. The fourth-order valence-corrected chi connectivity index (χ4v) is 4.13. The zero-order chi connectivity index (χ0) is 24.7. The van der Waals surface area contributed by atoms with Crippen molar-refractivity contribution in [3.8, 4) is 5.69 Å². The maximum Gasteiger partial charge on any atom is 0.335 e. The second-order valence-corrected chi connectivity index (χ2v) is 8.21. The first-order chi connectivity index (χ1) is 16.1. The second-order valence-electron chi connectivity index (χ2n) is 8.21. The molecule has 0 radical (unpaired) electrons. The Bertz CT molecular complexity index is 1410. The summed E-state index contributed by atoms with van der Waals surface area (Å²) in [7, 11) is 0. The zero-order valence-corrected chi connectivity index (χ0v) is 19.2. The number of imide groups is 2. The number of benzene rings is 2. The summed E-state index contributed by atoms with van der Waals surface area (Å²) in [5.41, 5.74) is 4.78. The molecule has 2 heterocycles. The van der Waals surface area contributed by atoms with Gasteiger partial charge in [0.25, 0.3) is 11.8 Å². The third kappa shape index (κ3) is 3.79. The van der Waals surface area contributed by atoms with Crippen LogP contribution in [0.25, 0.3) is 11.8 Å². The van der Waals surface area contributed by atoms with Crippen molar-refractivity contribution in [1.82, 2.24) is 9.88 Å². The molecule has 2 aromatic carbocycles. The molecule has 1 aliphatic heterocycles. The summed E-state index contributed by atoms with van der Waals surface area (Å²) in [5.74, 6) is -2.51. The molecule has 1 saturated heterocycles. The minimum absolute atomic E-state index is 0.155. The van der Waals surface area contributed by atoms with Crippen molar-refractivity contribution in [2.75, 3.05) is 4.90 Å². The van der Waals surface area contributed by atoms with Crippen molar-refractivity contribution in [2.45, 2.75) is 27.7 Å². The Hall–Kier alpha value is -4.46. The molecule has 0 atom stereocenters. The Kier molecular flexibility index (Phi) is 5.66. The molecule has 0 unspecified atom stereocenters. The predicted octanol–water partition coefficient (Wildman–Crippen LogP) is 4.08. The van der Waals surface area contributed by atoms with E-state index in [0.717, 1.165) is 21.9 Å². The smallest absolute Gasteiger partial charge is 0.335 e. The third-order valence-corrected chi connectivity index (χ3v) is 5.93. The van der Waals surface area contributed by atoms with Gasteiger partial charge in [0.2, 0.25) is 0 Å². The van der Waals surface area contributed by atoms with Crippen LogP contribution in [-0.4, -0.2) is 33.5 Å². The summed E-state index contributed by atoms with van der Waals surface area (Å²) in [5, 5.41) is 11.6. The van der Waals surface area contributed by atoms with Crippen molar-refractivity contribution in [2.24, 2.45) is 0 Å². The number of carboxylic acid groups (broad SMARTS) is 1. The fraction of sp³-hybridized carbons (Fsp3) is 0.154. The number of hydrogen-bond donors (Lipinski definition) is 2. The summed E-state index contributed by atoms with van der Waals surface area (Å²) >= 11 is 0. The number of aromatic carboxylic acids is 1. The lowest BCUT2D eigenvalue weighted by Gasteiger charge is -2.27. The number of nitrogens with one attached hydrogen (secondary N) is 1.